The fourth-order valence-corrected chi connectivity index (χ4v) is 2.77. The first kappa shape index (κ1) is 15.1. The molecule has 2 nitrogen and oxygen atoms in total. The number of benzene rings is 2. The van der Waals surface area contributed by atoms with Crippen LogP contribution in [0, 0.1) is 5.82 Å². The highest BCUT2D eigenvalue weighted by Crippen LogP contribution is 2.19. The van der Waals surface area contributed by atoms with E-state index in [9.17, 15) is 9.18 Å². The third-order valence-electron chi connectivity index (χ3n) is 3.67. The number of hydrogen-bond donors (Lipinski definition) is 0. The van der Waals surface area contributed by atoms with Crippen molar-refractivity contribution in [1.82, 2.24) is 4.90 Å². The molecular weight excluding hydrogens is 345 g/mol. The molecule has 0 N–H and O–H groups in total. The van der Waals surface area contributed by atoms with Gasteiger partial charge >= 0.3 is 0 Å². The minimum atomic E-state index is -0.426. The molecule has 1 aliphatic heterocycles. The van der Waals surface area contributed by atoms with Gasteiger partial charge in [-0.1, -0.05) is 30.4 Å². The number of halogens is 2. The molecular formula is C18H15BrFNO. The summed E-state index contributed by atoms with van der Waals surface area (Å²) in [6.07, 6.45) is 4.28. The minimum Gasteiger partial charge on any atom is -0.292 e. The number of hydrogen-bond acceptors (Lipinski definition) is 2. The predicted octanol–water partition coefficient (Wildman–Crippen LogP) is 4.19. The molecule has 0 atom stereocenters. The maximum atomic E-state index is 13.6. The zero-order chi connectivity index (χ0) is 15.5. The van der Waals surface area contributed by atoms with Crippen LogP contribution in [-0.2, 0) is 6.54 Å². The molecule has 112 valence electrons. The first-order chi connectivity index (χ1) is 10.6. The van der Waals surface area contributed by atoms with Crippen LogP contribution in [0.1, 0.15) is 21.5 Å². The summed E-state index contributed by atoms with van der Waals surface area (Å²) in [6, 6.07) is 12.0. The van der Waals surface area contributed by atoms with Crippen molar-refractivity contribution < 1.29 is 9.18 Å². The van der Waals surface area contributed by atoms with Crippen LogP contribution in [0.15, 0.2) is 59.1 Å². The zero-order valence-electron chi connectivity index (χ0n) is 11.9. The number of carbonyl (C=O) groups is 1. The fraction of sp³-hybridized carbons (Fsp3) is 0.167. The van der Waals surface area contributed by atoms with Crippen molar-refractivity contribution in [1.29, 1.82) is 0 Å². The van der Waals surface area contributed by atoms with E-state index in [1.54, 1.807) is 18.2 Å². The topological polar surface area (TPSA) is 20.3 Å². The van der Waals surface area contributed by atoms with Gasteiger partial charge in [0.15, 0.2) is 5.78 Å². The number of carbonyl (C=O) groups excluding carboxylic acids is 1. The van der Waals surface area contributed by atoms with E-state index in [-0.39, 0.29) is 5.78 Å². The lowest BCUT2D eigenvalue weighted by Gasteiger charge is -2.15. The summed E-state index contributed by atoms with van der Waals surface area (Å²) in [5.74, 6) is -0.585. The Kier molecular flexibility index (Phi) is 4.50. The van der Waals surface area contributed by atoms with Crippen molar-refractivity contribution in [2.45, 2.75) is 6.54 Å². The largest absolute Gasteiger partial charge is 0.292 e. The molecule has 3 rings (SSSR count). The summed E-state index contributed by atoms with van der Waals surface area (Å²) in [6.45, 7) is 2.69. The van der Waals surface area contributed by atoms with Gasteiger partial charge in [0.2, 0.25) is 0 Å². The monoisotopic (exact) mass is 359 g/mol. The molecule has 0 fully saturated rings. The van der Waals surface area contributed by atoms with Gasteiger partial charge in [-0.3, -0.25) is 9.69 Å². The van der Waals surface area contributed by atoms with Crippen LogP contribution in [0.3, 0.4) is 0 Å². The van der Waals surface area contributed by atoms with Crippen LogP contribution in [-0.4, -0.2) is 23.8 Å². The van der Waals surface area contributed by atoms with Gasteiger partial charge in [0, 0.05) is 30.8 Å². The van der Waals surface area contributed by atoms with Crippen LogP contribution in [0.2, 0.25) is 0 Å². The molecule has 22 heavy (non-hydrogen) atoms. The average Bonchev–Trinajstić information content (AvgIpc) is 3.02. The van der Waals surface area contributed by atoms with E-state index in [0.29, 0.717) is 15.6 Å². The molecule has 0 aromatic heterocycles. The second kappa shape index (κ2) is 6.55. The summed E-state index contributed by atoms with van der Waals surface area (Å²) in [5.41, 5.74) is 2.04. The van der Waals surface area contributed by atoms with Crippen LogP contribution in [0.4, 0.5) is 4.39 Å². The summed E-state index contributed by atoms with van der Waals surface area (Å²) in [4.78, 5) is 14.8. The van der Waals surface area contributed by atoms with Gasteiger partial charge in [-0.15, -0.1) is 0 Å². The third kappa shape index (κ3) is 3.34. The van der Waals surface area contributed by atoms with Crippen LogP contribution < -0.4 is 0 Å². The first-order valence-corrected chi connectivity index (χ1v) is 7.89. The van der Waals surface area contributed by atoms with Gasteiger partial charge in [-0.2, -0.15) is 0 Å². The molecule has 0 spiro atoms. The Morgan fingerprint density at radius 3 is 2.55 bits per heavy atom. The minimum absolute atomic E-state index is 0.159. The smallest absolute Gasteiger partial charge is 0.193 e. The highest BCUT2D eigenvalue weighted by atomic mass is 79.9. The van der Waals surface area contributed by atoms with E-state index in [1.807, 2.05) is 18.2 Å². The van der Waals surface area contributed by atoms with Crippen LogP contribution in [0.25, 0.3) is 0 Å². The maximum Gasteiger partial charge on any atom is 0.193 e. The van der Waals surface area contributed by atoms with Gasteiger partial charge < -0.3 is 0 Å². The quantitative estimate of drug-likeness (QED) is 0.602. The van der Waals surface area contributed by atoms with E-state index in [0.717, 1.165) is 25.2 Å². The molecule has 0 unspecified atom stereocenters. The lowest BCUT2D eigenvalue weighted by Crippen LogP contribution is -2.19. The summed E-state index contributed by atoms with van der Waals surface area (Å²) in [5, 5.41) is 0. The highest BCUT2D eigenvalue weighted by Gasteiger charge is 2.13. The number of nitrogens with zero attached hydrogens (tertiary/aromatic N) is 1. The molecule has 0 amide bonds. The van der Waals surface area contributed by atoms with Crippen molar-refractivity contribution in [3.8, 4) is 0 Å². The maximum absolute atomic E-state index is 13.6. The Labute approximate surface area is 137 Å². The molecule has 1 heterocycles. The van der Waals surface area contributed by atoms with Crippen molar-refractivity contribution in [2.75, 3.05) is 13.1 Å². The van der Waals surface area contributed by atoms with Crippen molar-refractivity contribution >= 4 is 21.7 Å². The molecule has 0 saturated carbocycles. The molecule has 2 aromatic rings. The van der Waals surface area contributed by atoms with E-state index >= 15 is 0 Å². The lowest BCUT2D eigenvalue weighted by molar-refractivity contribution is 0.103. The van der Waals surface area contributed by atoms with Crippen LogP contribution >= 0.6 is 15.9 Å². The fourth-order valence-electron chi connectivity index (χ4n) is 2.52. The Morgan fingerprint density at radius 1 is 1.09 bits per heavy atom. The molecule has 0 saturated heterocycles. The van der Waals surface area contributed by atoms with Gasteiger partial charge in [0.05, 0.1) is 4.47 Å². The second-order valence-corrected chi connectivity index (χ2v) is 6.18. The van der Waals surface area contributed by atoms with Crippen molar-refractivity contribution in [2.24, 2.45) is 0 Å². The molecule has 4 heteroatoms. The molecule has 1 aliphatic rings. The number of ketones is 1. The SMILES string of the molecule is O=C(c1cccc(CN2CC=CC2)c1)c1ccc(Br)c(F)c1. The number of rotatable bonds is 4. The Balaban J connectivity index is 1.81. The highest BCUT2D eigenvalue weighted by molar-refractivity contribution is 9.10. The normalized spacial score (nSPS) is 14.5. The summed E-state index contributed by atoms with van der Waals surface area (Å²) >= 11 is 3.10. The second-order valence-electron chi connectivity index (χ2n) is 5.32. The predicted molar refractivity (Wildman–Crippen MR) is 88.4 cm³/mol. The van der Waals surface area contributed by atoms with Gasteiger partial charge in [0.1, 0.15) is 5.82 Å². The standard InChI is InChI=1S/C18H15BrFNO/c19-16-7-6-15(11-17(16)20)18(22)14-5-3-4-13(10-14)12-21-8-1-2-9-21/h1-7,10-11H,8-9,12H2. The Morgan fingerprint density at radius 2 is 1.82 bits per heavy atom. The van der Waals surface area contributed by atoms with Crippen LogP contribution in [0.5, 0.6) is 0 Å². The van der Waals surface area contributed by atoms with Gasteiger partial charge in [0.25, 0.3) is 0 Å². The van der Waals surface area contributed by atoms with E-state index in [1.165, 1.54) is 6.07 Å². The Hall–Kier alpha value is -1.78. The van der Waals surface area contributed by atoms with E-state index < -0.39 is 5.82 Å². The molecule has 0 radical (unpaired) electrons. The summed E-state index contributed by atoms with van der Waals surface area (Å²) < 4.78 is 14.0. The van der Waals surface area contributed by atoms with E-state index in [2.05, 4.69) is 33.0 Å². The first-order valence-electron chi connectivity index (χ1n) is 7.09. The summed E-state index contributed by atoms with van der Waals surface area (Å²) in [7, 11) is 0. The Bertz CT molecular complexity index is 734. The van der Waals surface area contributed by atoms with E-state index in [4.69, 9.17) is 0 Å². The lowest BCUT2D eigenvalue weighted by atomic mass is 10.0. The van der Waals surface area contributed by atoms with Gasteiger partial charge in [-0.05, 0) is 45.8 Å². The zero-order valence-corrected chi connectivity index (χ0v) is 13.5. The molecule has 0 bridgehead atoms. The van der Waals surface area contributed by atoms with Crippen molar-refractivity contribution in [3.63, 3.8) is 0 Å². The average molecular weight is 360 g/mol. The molecule has 2 aromatic carbocycles. The van der Waals surface area contributed by atoms with Crippen molar-refractivity contribution in [3.05, 3.63) is 81.6 Å². The molecule has 0 aliphatic carbocycles. The van der Waals surface area contributed by atoms with Gasteiger partial charge in [-0.25, -0.2) is 4.39 Å². The third-order valence-corrected chi connectivity index (χ3v) is 4.31.